The number of hydrogen-bond donors (Lipinski definition) is 2. The number of hydrogen-bond acceptors (Lipinski definition) is 4. The van der Waals surface area contributed by atoms with Crippen LogP contribution in [0.1, 0.15) is 46.9 Å². The summed E-state index contributed by atoms with van der Waals surface area (Å²) in [5.41, 5.74) is 1.82. The van der Waals surface area contributed by atoms with Gasteiger partial charge in [0.1, 0.15) is 0 Å². The van der Waals surface area contributed by atoms with Gasteiger partial charge in [0.05, 0.1) is 18.3 Å². The number of pyridine rings is 1. The fourth-order valence-corrected chi connectivity index (χ4v) is 3.56. The molecule has 0 aliphatic rings. The molecule has 2 rings (SSSR count). The maximum absolute atomic E-state index is 12.8. The van der Waals surface area contributed by atoms with Crippen LogP contribution < -0.4 is 5.32 Å². The number of nitrogens with zero attached hydrogens (tertiary/aromatic N) is 2. The molecule has 5 nitrogen and oxygen atoms in total. The van der Waals surface area contributed by atoms with E-state index in [9.17, 15) is 4.79 Å². The van der Waals surface area contributed by atoms with Gasteiger partial charge in [-0.05, 0) is 51.0 Å². The van der Waals surface area contributed by atoms with Crippen molar-refractivity contribution in [2.24, 2.45) is 0 Å². The van der Waals surface area contributed by atoms with Crippen molar-refractivity contribution in [3.63, 3.8) is 0 Å². The van der Waals surface area contributed by atoms with E-state index in [2.05, 4.69) is 29.4 Å². The monoisotopic (exact) mass is 361 g/mol. The van der Waals surface area contributed by atoms with E-state index < -0.39 is 0 Å². The Morgan fingerprint density at radius 2 is 2.12 bits per heavy atom. The Bertz CT molecular complexity index is 687. The van der Waals surface area contributed by atoms with Crippen LogP contribution in [-0.2, 0) is 6.54 Å². The van der Waals surface area contributed by atoms with Crippen molar-refractivity contribution in [1.29, 1.82) is 0 Å². The molecular weight excluding hydrogens is 334 g/mol. The van der Waals surface area contributed by atoms with E-state index in [1.54, 1.807) is 16.2 Å². The molecule has 0 saturated carbocycles. The van der Waals surface area contributed by atoms with Crippen LogP contribution in [0.5, 0.6) is 0 Å². The number of aliphatic hydroxyl groups excluding tert-OH is 1. The van der Waals surface area contributed by atoms with Crippen LogP contribution in [-0.4, -0.2) is 34.2 Å². The van der Waals surface area contributed by atoms with Crippen LogP contribution in [0.25, 0.3) is 0 Å². The van der Waals surface area contributed by atoms with E-state index in [0.29, 0.717) is 19.5 Å². The van der Waals surface area contributed by atoms with E-state index in [4.69, 9.17) is 5.11 Å². The van der Waals surface area contributed by atoms with Crippen LogP contribution >= 0.6 is 11.3 Å². The molecule has 0 radical (unpaired) electrons. The van der Waals surface area contributed by atoms with Crippen molar-refractivity contribution < 1.29 is 9.90 Å². The Kier molecular flexibility index (Phi) is 7.40. The van der Waals surface area contributed by atoms with Gasteiger partial charge >= 0.3 is 6.03 Å². The average Bonchev–Trinajstić information content (AvgIpc) is 3.01. The molecule has 0 saturated heterocycles. The zero-order valence-corrected chi connectivity index (χ0v) is 16.0. The molecule has 0 fully saturated rings. The third kappa shape index (κ3) is 5.83. The number of thiophene rings is 1. The molecule has 2 aromatic heterocycles. The summed E-state index contributed by atoms with van der Waals surface area (Å²) in [4.78, 5) is 21.5. The molecule has 136 valence electrons. The molecule has 2 amide bonds. The van der Waals surface area contributed by atoms with Crippen molar-refractivity contribution >= 4 is 17.4 Å². The Morgan fingerprint density at radius 1 is 1.32 bits per heavy atom. The van der Waals surface area contributed by atoms with Crippen LogP contribution in [0.15, 0.2) is 30.3 Å². The van der Waals surface area contributed by atoms with Gasteiger partial charge in [0.2, 0.25) is 0 Å². The molecular formula is C19H27N3O2S. The molecule has 0 aliphatic carbocycles. The van der Waals surface area contributed by atoms with Crippen molar-refractivity contribution in [2.75, 3.05) is 13.2 Å². The van der Waals surface area contributed by atoms with E-state index in [-0.39, 0.29) is 18.7 Å². The summed E-state index contributed by atoms with van der Waals surface area (Å²) in [7, 11) is 0. The van der Waals surface area contributed by atoms with Gasteiger partial charge in [0.25, 0.3) is 0 Å². The average molecular weight is 362 g/mol. The highest BCUT2D eigenvalue weighted by molar-refractivity contribution is 7.11. The molecule has 25 heavy (non-hydrogen) atoms. The highest BCUT2D eigenvalue weighted by Crippen LogP contribution is 2.19. The Morgan fingerprint density at radius 3 is 2.72 bits per heavy atom. The smallest absolute Gasteiger partial charge is 0.318 e. The first-order valence-corrected chi connectivity index (χ1v) is 9.50. The van der Waals surface area contributed by atoms with Crippen LogP contribution in [0.4, 0.5) is 4.79 Å². The van der Waals surface area contributed by atoms with E-state index in [1.807, 2.05) is 32.0 Å². The number of nitrogens with one attached hydrogen (secondary N) is 1. The first-order chi connectivity index (χ1) is 12.0. The molecule has 2 heterocycles. The van der Waals surface area contributed by atoms with Gasteiger partial charge in [-0.2, -0.15) is 0 Å². The van der Waals surface area contributed by atoms with Gasteiger partial charge in [-0.25, -0.2) is 4.79 Å². The summed E-state index contributed by atoms with van der Waals surface area (Å²) in [6.45, 7) is 7.20. The minimum atomic E-state index is -0.117. The van der Waals surface area contributed by atoms with Gasteiger partial charge in [-0.15, -0.1) is 11.3 Å². The van der Waals surface area contributed by atoms with Crippen molar-refractivity contribution in [1.82, 2.24) is 15.2 Å². The topological polar surface area (TPSA) is 65.5 Å². The van der Waals surface area contributed by atoms with E-state index >= 15 is 0 Å². The first kappa shape index (κ1) is 19.4. The lowest BCUT2D eigenvalue weighted by atomic mass is 10.1. The van der Waals surface area contributed by atoms with Gasteiger partial charge in [-0.1, -0.05) is 13.0 Å². The normalized spacial score (nSPS) is 12.0. The molecule has 1 atom stereocenters. The molecule has 0 aromatic carbocycles. The number of aromatic nitrogens is 1. The maximum Gasteiger partial charge on any atom is 0.318 e. The highest BCUT2D eigenvalue weighted by atomic mass is 32.1. The largest absolute Gasteiger partial charge is 0.396 e. The molecule has 0 spiro atoms. The second kappa shape index (κ2) is 9.53. The van der Waals surface area contributed by atoms with Gasteiger partial charge in [-0.3, -0.25) is 4.98 Å². The zero-order chi connectivity index (χ0) is 18.2. The third-order valence-electron chi connectivity index (χ3n) is 3.99. The SMILES string of the molecule is CC[C@@H](NC(=O)N(CCCO)Cc1ccc(C)s1)c1cccc(C)n1. The fraction of sp³-hybridized carbons (Fsp3) is 0.474. The van der Waals surface area contributed by atoms with Crippen LogP contribution in [0.2, 0.25) is 0 Å². The van der Waals surface area contributed by atoms with Crippen molar-refractivity contribution in [3.8, 4) is 0 Å². The number of carbonyl (C=O) groups is 1. The van der Waals surface area contributed by atoms with E-state index in [1.165, 1.54) is 4.88 Å². The van der Waals surface area contributed by atoms with Crippen LogP contribution in [0.3, 0.4) is 0 Å². The number of aliphatic hydroxyl groups is 1. The maximum atomic E-state index is 12.8. The minimum Gasteiger partial charge on any atom is -0.396 e. The molecule has 0 bridgehead atoms. The number of carbonyl (C=O) groups excluding carboxylic acids is 1. The molecule has 0 unspecified atom stereocenters. The second-order valence-corrected chi connectivity index (χ2v) is 7.50. The number of rotatable bonds is 8. The summed E-state index contributed by atoms with van der Waals surface area (Å²) >= 11 is 1.69. The Hall–Kier alpha value is -1.92. The second-order valence-electron chi connectivity index (χ2n) is 6.13. The third-order valence-corrected chi connectivity index (χ3v) is 4.97. The van der Waals surface area contributed by atoms with Gasteiger partial charge < -0.3 is 15.3 Å². The van der Waals surface area contributed by atoms with Crippen molar-refractivity contribution in [2.45, 2.75) is 46.2 Å². The quantitative estimate of drug-likeness (QED) is 0.751. The number of amides is 2. The van der Waals surface area contributed by atoms with Gasteiger partial charge in [0.15, 0.2) is 0 Å². The summed E-state index contributed by atoms with van der Waals surface area (Å²) in [5, 5.41) is 12.2. The van der Waals surface area contributed by atoms with Crippen LogP contribution in [0, 0.1) is 13.8 Å². The standard InChI is InChI=1S/C19H27N3O2S/c1-4-17(18-8-5-7-14(2)20-18)21-19(24)22(11-6-12-23)13-16-10-9-15(3)25-16/h5,7-10,17,23H,4,6,11-13H2,1-3H3,(H,21,24)/t17-/m1/s1. The predicted octanol–water partition coefficient (Wildman–Crippen LogP) is 3.81. The lowest BCUT2D eigenvalue weighted by Crippen LogP contribution is -2.42. The van der Waals surface area contributed by atoms with E-state index in [0.717, 1.165) is 22.7 Å². The summed E-state index contributed by atoms with van der Waals surface area (Å²) in [6.07, 6.45) is 1.34. The lowest BCUT2D eigenvalue weighted by molar-refractivity contribution is 0.183. The Balaban J connectivity index is 2.08. The summed E-state index contributed by atoms with van der Waals surface area (Å²) in [6, 6.07) is 9.74. The molecule has 6 heteroatoms. The zero-order valence-electron chi connectivity index (χ0n) is 15.2. The summed E-state index contributed by atoms with van der Waals surface area (Å²) < 4.78 is 0. The fourth-order valence-electron chi connectivity index (χ4n) is 2.66. The van der Waals surface area contributed by atoms with Gasteiger partial charge in [0, 0.05) is 28.6 Å². The Labute approximate surface area is 153 Å². The molecule has 0 aliphatic heterocycles. The van der Waals surface area contributed by atoms with Crippen molar-refractivity contribution in [3.05, 3.63) is 51.5 Å². The highest BCUT2D eigenvalue weighted by Gasteiger charge is 2.19. The predicted molar refractivity (Wildman–Crippen MR) is 102 cm³/mol. The number of aryl methyl sites for hydroxylation is 2. The minimum absolute atomic E-state index is 0.0733. The lowest BCUT2D eigenvalue weighted by Gasteiger charge is -2.25. The summed E-state index contributed by atoms with van der Waals surface area (Å²) in [5.74, 6) is 0. The first-order valence-electron chi connectivity index (χ1n) is 8.68. The molecule has 2 aromatic rings. The molecule has 2 N–H and O–H groups in total. The number of urea groups is 1.